The zero-order valence-electron chi connectivity index (χ0n) is 15.3. The second kappa shape index (κ2) is 7.16. The third-order valence-corrected chi connectivity index (χ3v) is 4.59. The molecule has 3 nitrogen and oxygen atoms in total. The molecule has 2 aromatic carbocycles. The Labute approximate surface area is 157 Å². The summed E-state index contributed by atoms with van der Waals surface area (Å²) >= 11 is 0. The molecule has 0 aliphatic heterocycles. The van der Waals surface area contributed by atoms with E-state index in [2.05, 4.69) is 21.4 Å². The van der Waals surface area contributed by atoms with E-state index in [9.17, 15) is 4.39 Å². The molecule has 0 spiro atoms. The van der Waals surface area contributed by atoms with Crippen LogP contribution in [0.4, 0.5) is 10.2 Å². The highest BCUT2D eigenvalue weighted by Crippen LogP contribution is 2.30. The quantitative estimate of drug-likeness (QED) is 0.517. The lowest BCUT2D eigenvalue weighted by atomic mass is 9.97. The second-order valence-corrected chi connectivity index (χ2v) is 6.67. The molecule has 4 heteroatoms. The lowest BCUT2D eigenvalue weighted by Crippen LogP contribution is -2.15. The summed E-state index contributed by atoms with van der Waals surface area (Å²) < 4.78 is 14.6. The molecule has 2 aromatic heterocycles. The summed E-state index contributed by atoms with van der Waals surface area (Å²) in [6.07, 6.45) is 0. The predicted molar refractivity (Wildman–Crippen MR) is 107 cm³/mol. The first-order valence-electron chi connectivity index (χ1n) is 8.92. The topological polar surface area (TPSA) is 37.8 Å². The zero-order chi connectivity index (χ0) is 18.8. The van der Waals surface area contributed by atoms with Crippen LogP contribution in [0, 0.1) is 19.7 Å². The first kappa shape index (κ1) is 17.2. The molecule has 0 radical (unpaired) electrons. The molecule has 4 aromatic rings. The minimum absolute atomic E-state index is 0.250. The van der Waals surface area contributed by atoms with Crippen molar-refractivity contribution in [3.63, 3.8) is 0 Å². The van der Waals surface area contributed by atoms with Crippen LogP contribution in [0.5, 0.6) is 0 Å². The van der Waals surface area contributed by atoms with E-state index in [1.165, 1.54) is 6.07 Å². The van der Waals surface area contributed by atoms with Gasteiger partial charge in [-0.2, -0.15) is 0 Å². The lowest BCUT2D eigenvalue weighted by molar-refractivity contribution is 0.604. The van der Waals surface area contributed by atoms with Gasteiger partial charge in [0.25, 0.3) is 0 Å². The number of pyridine rings is 2. The standard InChI is InChI=1S/C23H20FN3/c1-15-6-5-9-22(26-15)27-23(19-7-3-4-8-20(19)24)18-13-12-17-11-10-16(2)25-21(17)14-18/h3-14,23H,1-2H3,(H,26,27)/t23-/m1/s1. The molecule has 0 fully saturated rings. The summed E-state index contributed by atoms with van der Waals surface area (Å²) in [4.78, 5) is 9.14. The van der Waals surface area contributed by atoms with E-state index in [-0.39, 0.29) is 11.9 Å². The number of aryl methyl sites for hydroxylation is 2. The lowest BCUT2D eigenvalue weighted by Gasteiger charge is -2.21. The number of nitrogens with one attached hydrogen (secondary N) is 1. The molecule has 0 bridgehead atoms. The van der Waals surface area contributed by atoms with Crippen molar-refractivity contribution in [2.45, 2.75) is 19.9 Å². The molecule has 2 heterocycles. The van der Waals surface area contributed by atoms with Gasteiger partial charge in [-0.05, 0) is 49.7 Å². The van der Waals surface area contributed by atoms with Gasteiger partial charge in [0.05, 0.1) is 11.6 Å². The number of aromatic nitrogens is 2. The van der Waals surface area contributed by atoms with Gasteiger partial charge in [-0.15, -0.1) is 0 Å². The Balaban J connectivity index is 1.83. The average molecular weight is 357 g/mol. The van der Waals surface area contributed by atoms with Crippen LogP contribution >= 0.6 is 0 Å². The van der Waals surface area contributed by atoms with Crippen LogP contribution in [0.15, 0.2) is 72.8 Å². The first-order valence-corrected chi connectivity index (χ1v) is 8.92. The number of rotatable bonds is 4. The van der Waals surface area contributed by atoms with Crippen LogP contribution in [0.2, 0.25) is 0 Å². The third-order valence-electron chi connectivity index (χ3n) is 4.59. The van der Waals surface area contributed by atoms with Crippen LogP contribution in [0.3, 0.4) is 0 Å². The number of fused-ring (bicyclic) bond motifs is 1. The van der Waals surface area contributed by atoms with E-state index in [0.717, 1.165) is 27.9 Å². The van der Waals surface area contributed by atoms with Gasteiger partial charge in [0.2, 0.25) is 0 Å². The number of halogens is 1. The molecule has 0 aliphatic carbocycles. The van der Waals surface area contributed by atoms with E-state index in [1.807, 2.05) is 62.4 Å². The number of nitrogens with zero attached hydrogens (tertiary/aromatic N) is 2. The summed E-state index contributed by atoms with van der Waals surface area (Å²) in [6, 6.07) is 22.3. The minimum Gasteiger partial charge on any atom is -0.359 e. The fourth-order valence-corrected chi connectivity index (χ4v) is 3.24. The molecule has 1 atom stereocenters. The Morgan fingerprint density at radius 3 is 2.41 bits per heavy atom. The van der Waals surface area contributed by atoms with Crippen LogP contribution in [0.25, 0.3) is 10.9 Å². The highest BCUT2D eigenvalue weighted by molar-refractivity contribution is 5.79. The summed E-state index contributed by atoms with van der Waals surface area (Å²) in [7, 11) is 0. The van der Waals surface area contributed by atoms with E-state index >= 15 is 0 Å². The molecule has 0 saturated heterocycles. The van der Waals surface area contributed by atoms with Gasteiger partial charge < -0.3 is 5.32 Å². The van der Waals surface area contributed by atoms with Crippen molar-refractivity contribution in [2.24, 2.45) is 0 Å². The average Bonchev–Trinajstić information content (AvgIpc) is 2.66. The monoisotopic (exact) mass is 357 g/mol. The fourth-order valence-electron chi connectivity index (χ4n) is 3.24. The number of hydrogen-bond acceptors (Lipinski definition) is 3. The molecule has 0 unspecified atom stereocenters. The number of hydrogen-bond donors (Lipinski definition) is 1. The first-order chi connectivity index (χ1) is 13.1. The molecule has 4 rings (SSSR count). The predicted octanol–water partition coefficient (Wildman–Crippen LogP) is 5.59. The summed E-state index contributed by atoms with van der Waals surface area (Å²) in [5.41, 5.74) is 4.27. The summed E-state index contributed by atoms with van der Waals surface area (Å²) in [5, 5.41) is 4.45. The maximum atomic E-state index is 14.6. The Morgan fingerprint density at radius 2 is 1.59 bits per heavy atom. The maximum absolute atomic E-state index is 14.6. The van der Waals surface area contributed by atoms with Crippen LogP contribution in [-0.4, -0.2) is 9.97 Å². The molecule has 0 saturated carbocycles. The van der Waals surface area contributed by atoms with Crippen molar-refractivity contribution in [1.29, 1.82) is 0 Å². The highest BCUT2D eigenvalue weighted by atomic mass is 19.1. The Bertz CT molecular complexity index is 1110. The minimum atomic E-state index is -0.368. The van der Waals surface area contributed by atoms with E-state index in [1.54, 1.807) is 12.1 Å². The molecular weight excluding hydrogens is 337 g/mol. The second-order valence-electron chi connectivity index (χ2n) is 6.67. The molecule has 27 heavy (non-hydrogen) atoms. The molecule has 0 amide bonds. The normalized spacial score (nSPS) is 12.1. The van der Waals surface area contributed by atoms with Crippen LogP contribution in [0.1, 0.15) is 28.6 Å². The SMILES string of the molecule is Cc1cccc(N[C@H](c2ccc3ccc(C)nc3c2)c2ccccc2F)n1. The Morgan fingerprint density at radius 1 is 0.815 bits per heavy atom. The largest absolute Gasteiger partial charge is 0.359 e. The van der Waals surface area contributed by atoms with E-state index < -0.39 is 0 Å². The van der Waals surface area contributed by atoms with Crippen molar-refractivity contribution in [3.8, 4) is 0 Å². The van der Waals surface area contributed by atoms with Crippen molar-refractivity contribution in [1.82, 2.24) is 9.97 Å². The molecule has 1 N–H and O–H groups in total. The van der Waals surface area contributed by atoms with Crippen molar-refractivity contribution < 1.29 is 4.39 Å². The fraction of sp³-hybridized carbons (Fsp3) is 0.130. The van der Waals surface area contributed by atoms with E-state index in [4.69, 9.17) is 0 Å². The maximum Gasteiger partial charge on any atom is 0.128 e. The molecule has 134 valence electrons. The Kier molecular flexibility index (Phi) is 4.55. The van der Waals surface area contributed by atoms with Gasteiger partial charge in [-0.3, -0.25) is 4.98 Å². The number of benzene rings is 2. The van der Waals surface area contributed by atoms with E-state index in [0.29, 0.717) is 11.4 Å². The van der Waals surface area contributed by atoms with Gasteiger partial charge >= 0.3 is 0 Å². The number of anilines is 1. The smallest absolute Gasteiger partial charge is 0.128 e. The summed E-state index contributed by atoms with van der Waals surface area (Å²) in [5.74, 6) is 0.459. The molecule has 0 aliphatic rings. The highest BCUT2D eigenvalue weighted by Gasteiger charge is 2.19. The van der Waals surface area contributed by atoms with Crippen molar-refractivity contribution in [3.05, 3.63) is 101 Å². The van der Waals surface area contributed by atoms with Crippen molar-refractivity contribution in [2.75, 3.05) is 5.32 Å². The van der Waals surface area contributed by atoms with Gasteiger partial charge in [0.1, 0.15) is 11.6 Å². The van der Waals surface area contributed by atoms with Crippen LogP contribution < -0.4 is 5.32 Å². The third kappa shape index (κ3) is 3.65. The summed E-state index contributed by atoms with van der Waals surface area (Å²) in [6.45, 7) is 3.90. The van der Waals surface area contributed by atoms with Crippen molar-refractivity contribution >= 4 is 16.7 Å². The van der Waals surface area contributed by atoms with Gasteiger partial charge in [-0.25, -0.2) is 9.37 Å². The van der Waals surface area contributed by atoms with Gasteiger partial charge in [-0.1, -0.05) is 42.5 Å². The zero-order valence-corrected chi connectivity index (χ0v) is 15.3. The van der Waals surface area contributed by atoms with Gasteiger partial charge in [0, 0.05) is 22.3 Å². The Hall–Kier alpha value is -3.27. The van der Waals surface area contributed by atoms with Gasteiger partial charge in [0.15, 0.2) is 0 Å². The van der Waals surface area contributed by atoms with Crippen LogP contribution in [-0.2, 0) is 0 Å². The molecular formula is C23H20FN3.